The highest BCUT2D eigenvalue weighted by Gasteiger charge is 2.85. The Hall–Kier alpha value is -1.46. The first-order valence-electron chi connectivity index (χ1n) is 8.48. The lowest BCUT2D eigenvalue weighted by atomic mass is 10.3. The van der Waals surface area contributed by atoms with Gasteiger partial charge in [0.2, 0.25) is 5.82 Å². The smallest absolute Gasteiger partial charge is 0.403 e. The number of hydrogen-bond donors (Lipinski definition) is 2. The van der Waals surface area contributed by atoms with Crippen molar-refractivity contribution in [1.29, 1.82) is 0 Å². The molecule has 0 aromatic heterocycles. The molecule has 0 amide bonds. The van der Waals surface area contributed by atoms with Gasteiger partial charge >= 0.3 is 49.5 Å². The third-order valence-electron chi connectivity index (χ3n) is 4.19. The number of halogens is 16. The van der Waals surface area contributed by atoms with Gasteiger partial charge in [-0.1, -0.05) is 30.3 Å². The Morgan fingerprint density at radius 1 is 0.556 bits per heavy atom. The van der Waals surface area contributed by atoms with Crippen LogP contribution in [0.1, 0.15) is 0 Å². The fraction of sp³-hybridized carbons (Fsp3) is 0. The second-order valence-electron chi connectivity index (χ2n) is 6.55. The molecule has 0 saturated heterocycles. The first kappa shape index (κ1) is 32.6. The summed E-state index contributed by atoms with van der Waals surface area (Å²) in [6.45, 7) is 0. The Balaban J connectivity index is 0.000000381. The van der Waals surface area contributed by atoms with Crippen LogP contribution in [0.3, 0.4) is 0 Å². The van der Waals surface area contributed by atoms with Crippen molar-refractivity contribution in [2.75, 3.05) is 0 Å². The fourth-order valence-electron chi connectivity index (χ4n) is 2.24. The predicted molar refractivity (Wildman–Crippen MR) is 104 cm³/mol. The van der Waals surface area contributed by atoms with Crippen LogP contribution in [0.2, 0.25) is 0 Å². The maximum atomic E-state index is 13.5. The lowest BCUT2D eigenvalue weighted by molar-refractivity contribution is 0.377. The molecule has 2 unspecified atom stereocenters. The van der Waals surface area contributed by atoms with E-state index in [9.17, 15) is 67.1 Å². The summed E-state index contributed by atoms with van der Waals surface area (Å²) >= 11 is 0. The lowest BCUT2D eigenvalue weighted by Gasteiger charge is -2.24. The van der Waals surface area contributed by atoms with Crippen molar-refractivity contribution in [3.8, 4) is 0 Å². The second-order valence-corrected chi connectivity index (χ2v) is 32.3. The van der Waals surface area contributed by atoms with Gasteiger partial charge in [0.05, 0.1) is 5.19 Å². The average molecular weight is 657 g/mol. The van der Waals surface area contributed by atoms with Crippen LogP contribution < -0.4 is 10.4 Å². The summed E-state index contributed by atoms with van der Waals surface area (Å²) in [5.74, 6) is -15.2. The minimum Gasteiger partial charge on any atom is -0.403 e. The summed E-state index contributed by atoms with van der Waals surface area (Å²) in [6.07, 6.45) is 0. The Morgan fingerprint density at radius 2 is 0.917 bits per heavy atom. The van der Waals surface area contributed by atoms with Gasteiger partial charge in [-0.15, -0.1) is 0 Å². The third kappa shape index (κ3) is 5.67. The average Bonchev–Trinajstić information content (AvgIpc) is 2.76. The maximum absolute atomic E-state index is 13.5. The van der Waals surface area contributed by atoms with Crippen molar-refractivity contribution in [3.63, 3.8) is 0 Å². The molecule has 24 heteroatoms. The molecule has 0 bridgehead atoms. The minimum absolute atomic E-state index is 0.672. The Labute approximate surface area is 196 Å². The molecule has 2 aromatic rings. The van der Waals surface area contributed by atoms with Crippen LogP contribution in [0, 0.1) is 29.1 Å². The van der Waals surface area contributed by atoms with Crippen molar-refractivity contribution in [1.82, 2.24) is 0 Å². The molecule has 2 aromatic carbocycles. The van der Waals surface area contributed by atoms with Crippen LogP contribution in [0.25, 0.3) is 0 Å². The molecule has 0 heterocycles. The molecule has 0 aliphatic carbocycles. The molecule has 2 N–H and O–H groups in total. The number of hydrogen-bond acceptors (Lipinski definition) is 2. The highest BCUT2D eigenvalue weighted by molar-refractivity contribution is 7.60. The molecular weight excluding hydrogens is 649 g/mol. The molecule has 0 fully saturated rings. The van der Waals surface area contributed by atoms with Crippen LogP contribution in [0.5, 0.6) is 0 Å². The van der Waals surface area contributed by atoms with Gasteiger partial charge in [-0.05, 0) is 5.19 Å². The molecule has 2 nitrogen and oxygen atoms in total. The molecule has 0 saturated carbocycles. The van der Waals surface area contributed by atoms with Gasteiger partial charge in [0.15, 0.2) is 23.3 Å². The van der Waals surface area contributed by atoms with Gasteiger partial charge in [-0.3, -0.25) is 32.9 Å². The summed E-state index contributed by atoms with van der Waals surface area (Å²) in [4.78, 5) is 17.7. The molecular formula is C12H8F16O2Si6. The summed E-state index contributed by atoms with van der Waals surface area (Å²) in [5.41, 5.74) is 0. The molecule has 2 rings (SSSR count). The molecule has 0 spiro atoms. The van der Waals surface area contributed by atoms with E-state index in [1.165, 1.54) is 18.2 Å². The lowest BCUT2D eigenvalue weighted by Crippen LogP contribution is -2.74. The zero-order valence-electron chi connectivity index (χ0n) is 16.4. The van der Waals surface area contributed by atoms with Crippen molar-refractivity contribution >= 4 is 59.8 Å². The first-order chi connectivity index (χ1) is 16.0. The van der Waals surface area contributed by atoms with Crippen LogP contribution >= 0.6 is 0 Å². The van der Waals surface area contributed by atoms with E-state index in [-0.39, 0.29) is 0 Å². The predicted octanol–water partition coefficient (Wildman–Crippen LogP) is 3.37. The van der Waals surface area contributed by atoms with E-state index in [4.69, 9.17) is 9.59 Å². The molecule has 2 atom stereocenters. The standard InChI is InChI=1S/C6HF11OSi3.C6H7F5OSi3/c7-1-2(8)4(10)6(5(11)3(1)9)19(12,18)21(16,17)20(13,14)15;7-13(8)15(10,11)14(9,12)6-4-2-1-3-5-6/h18H;1-5,12-13H. The van der Waals surface area contributed by atoms with E-state index in [0.717, 1.165) is 12.1 Å². The number of rotatable bonds is 6. The zero-order valence-corrected chi connectivity index (χ0v) is 22.6. The molecule has 36 heavy (non-hydrogen) atoms. The van der Waals surface area contributed by atoms with Gasteiger partial charge < -0.3 is 9.59 Å². The third-order valence-corrected chi connectivity index (χ3v) is 30.8. The summed E-state index contributed by atoms with van der Waals surface area (Å²) in [6, 6.07) is 5.72. The van der Waals surface area contributed by atoms with Gasteiger partial charge in [-0.2, -0.15) is 0 Å². The van der Waals surface area contributed by atoms with Gasteiger partial charge in [0.25, 0.3) is 0 Å². The SMILES string of the molecule is O[Si](F)(c1c(F)c(F)c(F)c(F)c1F)[Si](F)(F)[Si](F)(F)F.O[Si](F)(c1ccccc1)[Si](F)(F)[SiH](F)F. The maximum Gasteiger partial charge on any atom is 0.664 e. The monoisotopic (exact) mass is 656 g/mol. The number of benzene rings is 2. The van der Waals surface area contributed by atoms with Crippen LogP contribution in [-0.4, -0.2) is 59.1 Å². The Bertz CT molecular complexity index is 1050. The second kappa shape index (κ2) is 10.7. The van der Waals surface area contributed by atoms with Crippen LogP contribution in [0.15, 0.2) is 30.3 Å². The van der Waals surface area contributed by atoms with Crippen molar-refractivity contribution in [3.05, 3.63) is 59.4 Å². The summed E-state index contributed by atoms with van der Waals surface area (Å²) < 4.78 is 203. The van der Waals surface area contributed by atoms with Crippen molar-refractivity contribution in [2.45, 2.75) is 0 Å². The summed E-state index contributed by atoms with van der Waals surface area (Å²) in [5, 5.41) is -3.78. The Morgan fingerprint density at radius 3 is 1.25 bits per heavy atom. The minimum atomic E-state index is -8.27. The molecule has 204 valence electrons. The van der Waals surface area contributed by atoms with Gasteiger partial charge in [0.1, 0.15) is 0 Å². The van der Waals surface area contributed by atoms with E-state index in [1.807, 2.05) is 0 Å². The fourth-order valence-corrected chi connectivity index (χ4v) is 18.9. The summed E-state index contributed by atoms with van der Waals surface area (Å²) in [7, 11) is -41.9. The molecule has 0 radical (unpaired) electrons. The topological polar surface area (TPSA) is 40.5 Å². The van der Waals surface area contributed by atoms with E-state index in [1.54, 1.807) is 0 Å². The van der Waals surface area contributed by atoms with E-state index in [2.05, 4.69) is 0 Å². The van der Waals surface area contributed by atoms with E-state index in [0.29, 0.717) is 0 Å². The Kier molecular flexibility index (Phi) is 9.71. The van der Waals surface area contributed by atoms with Crippen molar-refractivity contribution in [2.24, 2.45) is 0 Å². The quantitative estimate of drug-likeness (QED) is 0.165. The van der Waals surface area contributed by atoms with Crippen LogP contribution in [-0.2, 0) is 0 Å². The van der Waals surface area contributed by atoms with Crippen LogP contribution in [0.4, 0.5) is 67.1 Å². The van der Waals surface area contributed by atoms with E-state index < -0.39 is 88.9 Å². The largest absolute Gasteiger partial charge is 0.664 e. The first-order valence-corrected chi connectivity index (χ1v) is 23.0. The normalized spacial score (nSPS) is 16.2. The van der Waals surface area contributed by atoms with Gasteiger partial charge in [-0.25, -0.2) is 34.3 Å². The van der Waals surface area contributed by atoms with Gasteiger partial charge in [0, 0.05) is 0 Å². The highest BCUT2D eigenvalue weighted by atomic mass is 29.7. The van der Waals surface area contributed by atoms with E-state index >= 15 is 0 Å². The zero-order chi connectivity index (χ0) is 28.7. The molecule has 0 aliphatic rings. The molecule has 0 aliphatic heterocycles. The highest BCUT2D eigenvalue weighted by Crippen LogP contribution is 2.35. The van der Waals surface area contributed by atoms with Crippen molar-refractivity contribution < 1.29 is 76.7 Å².